The highest BCUT2D eigenvalue weighted by molar-refractivity contribution is 6.34. The average molecular weight is 218 g/mol. The monoisotopic (exact) mass is 217 g/mol. The summed E-state index contributed by atoms with van der Waals surface area (Å²) in [5.41, 5.74) is 6.94. The van der Waals surface area contributed by atoms with E-state index in [0.717, 1.165) is 18.4 Å². The van der Waals surface area contributed by atoms with Gasteiger partial charge in [-0.25, -0.2) is 0 Å². The first-order valence-electron chi connectivity index (χ1n) is 4.35. The molecule has 0 saturated heterocycles. The molecular weight excluding hydrogens is 205 g/mol. The number of rotatable bonds is 3. The van der Waals surface area contributed by atoms with E-state index in [-0.39, 0.29) is 6.04 Å². The standard InChI is InChI=1S/C10H13Cl2N/c1-2-3-10(13)7-4-8(11)6-9(12)5-7/h4-6,10H,2-3,13H2,1H3/t10-/m0/s1. The maximum Gasteiger partial charge on any atom is 0.0424 e. The Labute approximate surface area is 88.8 Å². The molecule has 1 atom stereocenters. The molecule has 0 spiro atoms. The van der Waals surface area contributed by atoms with Gasteiger partial charge in [-0.2, -0.15) is 0 Å². The SMILES string of the molecule is CCC[C@H](N)c1cc(Cl)cc(Cl)c1. The van der Waals surface area contributed by atoms with Crippen LogP contribution in [0.4, 0.5) is 0 Å². The fourth-order valence-electron chi connectivity index (χ4n) is 1.27. The molecule has 0 unspecified atom stereocenters. The first-order valence-corrected chi connectivity index (χ1v) is 5.10. The summed E-state index contributed by atoms with van der Waals surface area (Å²) >= 11 is 11.7. The lowest BCUT2D eigenvalue weighted by molar-refractivity contribution is 0.638. The van der Waals surface area contributed by atoms with Crippen LogP contribution in [0.1, 0.15) is 31.4 Å². The van der Waals surface area contributed by atoms with Gasteiger partial charge in [-0.1, -0.05) is 36.5 Å². The van der Waals surface area contributed by atoms with Gasteiger partial charge in [-0.15, -0.1) is 0 Å². The Morgan fingerprint density at radius 1 is 1.23 bits per heavy atom. The minimum atomic E-state index is 0.0428. The summed E-state index contributed by atoms with van der Waals surface area (Å²) in [5, 5.41) is 1.29. The predicted octanol–water partition coefficient (Wildman–Crippen LogP) is 3.79. The molecular formula is C10H13Cl2N. The van der Waals surface area contributed by atoms with Crippen molar-refractivity contribution in [2.45, 2.75) is 25.8 Å². The quantitative estimate of drug-likeness (QED) is 0.820. The summed E-state index contributed by atoms with van der Waals surface area (Å²) < 4.78 is 0. The van der Waals surface area contributed by atoms with Crippen LogP contribution in [0.2, 0.25) is 10.0 Å². The van der Waals surface area contributed by atoms with Crippen LogP contribution in [0.25, 0.3) is 0 Å². The fourth-order valence-corrected chi connectivity index (χ4v) is 1.81. The van der Waals surface area contributed by atoms with Gasteiger partial charge in [-0.05, 0) is 30.2 Å². The molecule has 0 saturated carbocycles. The van der Waals surface area contributed by atoms with Gasteiger partial charge in [0.15, 0.2) is 0 Å². The van der Waals surface area contributed by atoms with E-state index in [1.165, 1.54) is 0 Å². The van der Waals surface area contributed by atoms with Crippen molar-refractivity contribution in [1.29, 1.82) is 0 Å². The van der Waals surface area contributed by atoms with Gasteiger partial charge >= 0.3 is 0 Å². The van der Waals surface area contributed by atoms with E-state index in [9.17, 15) is 0 Å². The number of nitrogens with two attached hydrogens (primary N) is 1. The maximum atomic E-state index is 5.93. The molecule has 72 valence electrons. The molecule has 13 heavy (non-hydrogen) atoms. The first-order chi connectivity index (χ1) is 6.13. The van der Waals surface area contributed by atoms with Gasteiger partial charge in [0, 0.05) is 16.1 Å². The molecule has 0 aliphatic carbocycles. The van der Waals surface area contributed by atoms with Gasteiger partial charge in [0.1, 0.15) is 0 Å². The van der Waals surface area contributed by atoms with Crippen molar-refractivity contribution in [3.05, 3.63) is 33.8 Å². The second-order valence-corrected chi connectivity index (χ2v) is 3.97. The summed E-state index contributed by atoms with van der Waals surface area (Å²) in [4.78, 5) is 0. The van der Waals surface area contributed by atoms with Gasteiger partial charge in [0.25, 0.3) is 0 Å². The van der Waals surface area contributed by atoms with E-state index in [0.29, 0.717) is 10.0 Å². The van der Waals surface area contributed by atoms with Gasteiger partial charge in [0.2, 0.25) is 0 Å². The molecule has 0 amide bonds. The van der Waals surface area contributed by atoms with E-state index in [2.05, 4.69) is 6.92 Å². The number of hydrogen-bond acceptors (Lipinski definition) is 1. The van der Waals surface area contributed by atoms with Crippen LogP contribution in [0.3, 0.4) is 0 Å². The summed E-state index contributed by atoms with van der Waals surface area (Å²) in [7, 11) is 0. The lowest BCUT2D eigenvalue weighted by Gasteiger charge is -2.11. The van der Waals surface area contributed by atoms with Crippen molar-refractivity contribution >= 4 is 23.2 Å². The summed E-state index contributed by atoms with van der Waals surface area (Å²) in [6, 6.07) is 5.49. The van der Waals surface area contributed by atoms with Crippen LogP contribution >= 0.6 is 23.2 Å². The number of halogens is 2. The van der Waals surface area contributed by atoms with Crippen LogP contribution in [0.5, 0.6) is 0 Å². The summed E-state index contributed by atoms with van der Waals surface area (Å²) in [6.45, 7) is 2.10. The summed E-state index contributed by atoms with van der Waals surface area (Å²) in [5.74, 6) is 0. The number of hydrogen-bond donors (Lipinski definition) is 1. The molecule has 1 aromatic rings. The molecule has 3 heteroatoms. The zero-order valence-corrected chi connectivity index (χ0v) is 9.07. The van der Waals surface area contributed by atoms with Crippen molar-refractivity contribution in [3.63, 3.8) is 0 Å². The minimum Gasteiger partial charge on any atom is -0.324 e. The largest absolute Gasteiger partial charge is 0.324 e. The Morgan fingerprint density at radius 2 is 1.77 bits per heavy atom. The topological polar surface area (TPSA) is 26.0 Å². The zero-order chi connectivity index (χ0) is 9.84. The van der Waals surface area contributed by atoms with E-state index >= 15 is 0 Å². The van der Waals surface area contributed by atoms with Crippen molar-refractivity contribution in [1.82, 2.24) is 0 Å². The highest BCUT2D eigenvalue weighted by Gasteiger charge is 2.06. The molecule has 0 heterocycles. The minimum absolute atomic E-state index is 0.0428. The normalized spacial score (nSPS) is 12.9. The molecule has 0 fully saturated rings. The first kappa shape index (κ1) is 10.8. The molecule has 1 nitrogen and oxygen atoms in total. The predicted molar refractivity (Wildman–Crippen MR) is 58.3 cm³/mol. The van der Waals surface area contributed by atoms with Crippen LogP contribution in [-0.4, -0.2) is 0 Å². The molecule has 0 aromatic heterocycles. The van der Waals surface area contributed by atoms with E-state index in [1.54, 1.807) is 6.07 Å². The lowest BCUT2D eigenvalue weighted by Crippen LogP contribution is -2.09. The average Bonchev–Trinajstić information content (AvgIpc) is 2.03. The van der Waals surface area contributed by atoms with E-state index in [4.69, 9.17) is 28.9 Å². The fraction of sp³-hybridized carbons (Fsp3) is 0.400. The lowest BCUT2D eigenvalue weighted by atomic mass is 10.0. The van der Waals surface area contributed by atoms with Crippen LogP contribution in [0, 0.1) is 0 Å². The third kappa shape index (κ3) is 3.18. The van der Waals surface area contributed by atoms with Gasteiger partial charge in [-0.3, -0.25) is 0 Å². The Hall–Kier alpha value is -0.240. The second kappa shape index (κ2) is 4.85. The third-order valence-electron chi connectivity index (χ3n) is 1.91. The Morgan fingerprint density at radius 3 is 2.23 bits per heavy atom. The van der Waals surface area contributed by atoms with E-state index < -0.39 is 0 Å². The Kier molecular flexibility index (Phi) is 4.04. The van der Waals surface area contributed by atoms with Crippen LogP contribution < -0.4 is 5.73 Å². The van der Waals surface area contributed by atoms with Gasteiger partial charge < -0.3 is 5.73 Å². The van der Waals surface area contributed by atoms with Crippen molar-refractivity contribution in [3.8, 4) is 0 Å². The summed E-state index contributed by atoms with van der Waals surface area (Å²) in [6.07, 6.45) is 2.02. The highest BCUT2D eigenvalue weighted by Crippen LogP contribution is 2.24. The highest BCUT2D eigenvalue weighted by atomic mass is 35.5. The molecule has 0 aliphatic rings. The van der Waals surface area contributed by atoms with Crippen LogP contribution in [0.15, 0.2) is 18.2 Å². The Balaban J connectivity index is 2.87. The second-order valence-electron chi connectivity index (χ2n) is 3.10. The van der Waals surface area contributed by atoms with Crippen LogP contribution in [-0.2, 0) is 0 Å². The van der Waals surface area contributed by atoms with Crippen molar-refractivity contribution in [2.24, 2.45) is 5.73 Å². The molecule has 2 N–H and O–H groups in total. The van der Waals surface area contributed by atoms with E-state index in [1.807, 2.05) is 12.1 Å². The van der Waals surface area contributed by atoms with Crippen molar-refractivity contribution < 1.29 is 0 Å². The maximum absolute atomic E-state index is 5.93. The smallest absolute Gasteiger partial charge is 0.0424 e. The third-order valence-corrected chi connectivity index (χ3v) is 2.35. The molecule has 1 aromatic carbocycles. The Bertz CT molecular complexity index is 266. The van der Waals surface area contributed by atoms with Gasteiger partial charge in [0.05, 0.1) is 0 Å². The molecule has 1 rings (SSSR count). The number of benzene rings is 1. The molecule has 0 bridgehead atoms. The molecule has 0 radical (unpaired) electrons. The molecule has 0 aliphatic heterocycles. The zero-order valence-electron chi connectivity index (χ0n) is 7.56. The van der Waals surface area contributed by atoms with Crippen molar-refractivity contribution in [2.75, 3.05) is 0 Å².